The second kappa shape index (κ2) is 5.95. The smallest absolute Gasteiger partial charge is 0.340 e. The van der Waals surface area contributed by atoms with Crippen molar-refractivity contribution in [2.24, 2.45) is 5.92 Å². The first kappa shape index (κ1) is 13.7. The van der Waals surface area contributed by atoms with Gasteiger partial charge in [-0.25, -0.2) is 4.79 Å². The number of nitrogens with one attached hydrogen (secondary N) is 1. The number of carbonyl (C=O) groups excluding carboxylic acids is 1. The van der Waals surface area contributed by atoms with Crippen molar-refractivity contribution in [3.8, 4) is 0 Å². The van der Waals surface area contributed by atoms with Crippen LogP contribution < -0.4 is 11.1 Å². The van der Waals surface area contributed by atoms with E-state index in [0.29, 0.717) is 23.9 Å². The first-order valence-corrected chi connectivity index (χ1v) is 6.94. The SMILES string of the molecule is CCOC(=O)c1cccc(NC(C)CC2CC2)c1N. The fourth-order valence-electron chi connectivity index (χ4n) is 2.26. The molecule has 3 N–H and O–H groups in total. The van der Waals surface area contributed by atoms with Gasteiger partial charge in [0.2, 0.25) is 0 Å². The predicted octanol–water partition coefficient (Wildman–Crippen LogP) is 3.05. The maximum absolute atomic E-state index is 11.8. The first-order chi connectivity index (χ1) is 9.11. The second-order valence-electron chi connectivity index (χ2n) is 5.21. The van der Waals surface area contributed by atoms with Crippen LogP contribution in [0.1, 0.15) is 43.5 Å². The van der Waals surface area contributed by atoms with Crippen molar-refractivity contribution in [2.75, 3.05) is 17.7 Å². The summed E-state index contributed by atoms with van der Waals surface area (Å²) in [6, 6.07) is 5.80. The summed E-state index contributed by atoms with van der Waals surface area (Å²) in [7, 11) is 0. The third kappa shape index (κ3) is 3.63. The highest BCUT2D eigenvalue weighted by Crippen LogP contribution is 2.34. The van der Waals surface area contributed by atoms with Gasteiger partial charge in [-0.1, -0.05) is 18.9 Å². The van der Waals surface area contributed by atoms with Gasteiger partial charge in [0.25, 0.3) is 0 Å². The summed E-state index contributed by atoms with van der Waals surface area (Å²) in [5.41, 5.74) is 7.78. The molecule has 0 saturated heterocycles. The largest absolute Gasteiger partial charge is 0.462 e. The van der Waals surface area contributed by atoms with Gasteiger partial charge in [0.1, 0.15) is 0 Å². The van der Waals surface area contributed by atoms with Gasteiger partial charge in [-0.3, -0.25) is 0 Å². The molecular weight excluding hydrogens is 240 g/mol. The Morgan fingerprint density at radius 3 is 2.89 bits per heavy atom. The Kier molecular flexibility index (Phi) is 4.30. The zero-order valence-corrected chi connectivity index (χ0v) is 11.6. The lowest BCUT2D eigenvalue weighted by Gasteiger charge is -2.17. The summed E-state index contributed by atoms with van der Waals surface area (Å²) in [4.78, 5) is 11.8. The zero-order valence-electron chi connectivity index (χ0n) is 11.6. The predicted molar refractivity (Wildman–Crippen MR) is 77.2 cm³/mol. The Bertz CT molecular complexity index is 455. The van der Waals surface area contributed by atoms with Crippen LogP contribution in [0.5, 0.6) is 0 Å². The quantitative estimate of drug-likeness (QED) is 0.611. The van der Waals surface area contributed by atoms with Gasteiger partial charge in [-0.15, -0.1) is 0 Å². The van der Waals surface area contributed by atoms with Crippen LogP contribution in [0.2, 0.25) is 0 Å². The Morgan fingerprint density at radius 1 is 1.53 bits per heavy atom. The highest BCUT2D eigenvalue weighted by molar-refractivity contribution is 5.98. The Hall–Kier alpha value is -1.71. The van der Waals surface area contributed by atoms with Crippen LogP contribution in [0.3, 0.4) is 0 Å². The Balaban J connectivity index is 2.07. The van der Waals surface area contributed by atoms with Crippen LogP contribution in [0.15, 0.2) is 18.2 Å². The monoisotopic (exact) mass is 262 g/mol. The minimum absolute atomic E-state index is 0.355. The molecule has 0 heterocycles. The number of hydrogen-bond acceptors (Lipinski definition) is 4. The highest BCUT2D eigenvalue weighted by Gasteiger charge is 2.24. The van der Waals surface area contributed by atoms with E-state index in [1.165, 1.54) is 12.8 Å². The van der Waals surface area contributed by atoms with E-state index in [2.05, 4.69) is 12.2 Å². The molecule has 4 heteroatoms. The molecule has 0 amide bonds. The van der Waals surface area contributed by atoms with Crippen molar-refractivity contribution in [2.45, 2.75) is 39.2 Å². The van der Waals surface area contributed by atoms with Gasteiger partial charge in [0.15, 0.2) is 0 Å². The Morgan fingerprint density at radius 2 is 2.26 bits per heavy atom. The summed E-state index contributed by atoms with van der Waals surface area (Å²) in [6.07, 6.45) is 3.83. The third-order valence-electron chi connectivity index (χ3n) is 3.39. The lowest BCUT2D eigenvalue weighted by molar-refractivity contribution is 0.0527. The topological polar surface area (TPSA) is 64.3 Å². The molecule has 1 aromatic rings. The summed E-state index contributed by atoms with van der Waals surface area (Å²) in [6.45, 7) is 4.29. The molecule has 4 nitrogen and oxygen atoms in total. The molecule has 104 valence electrons. The van der Waals surface area contributed by atoms with Crippen LogP contribution in [0.25, 0.3) is 0 Å². The van der Waals surface area contributed by atoms with E-state index in [4.69, 9.17) is 10.5 Å². The normalized spacial score (nSPS) is 15.9. The average Bonchev–Trinajstić information content (AvgIpc) is 3.16. The molecule has 1 aromatic carbocycles. The number of para-hydroxylation sites is 1. The number of benzene rings is 1. The van der Waals surface area contributed by atoms with Gasteiger partial charge < -0.3 is 15.8 Å². The van der Waals surface area contributed by atoms with E-state index in [0.717, 1.165) is 18.0 Å². The molecule has 19 heavy (non-hydrogen) atoms. The lowest BCUT2D eigenvalue weighted by Crippen LogP contribution is -2.18. The molecule has 2 rings (SSSR count). The number of rotatable bonds is 6. The number of hydrogen-bond donors (Lipinski definition) is 2. The van der Waals surface area contributed by atoms with Gasteiger partial charge in [-0.2, -0.15) is 0 Å². The summed E-state index contributed by atoms with van der Waals surface area (Å²) in [5.74, 6) is 0.496. The average molecular weight is 262 g/mol. The van der Waals surface area contributed by atoms with Crippen LogP contribution in [-0.4, -0.2) is 18.6 Å². The molecule has 0 bridgehead atoms. The summed E-state index contributed by atoms with van der Waals surface area (Å²) < 4.78 is 5.00. The van der Waals surface area contributed by atoms with E-state index in [1.807, 2.05) is 12.1 Å². The number of nitrogens with two attached hydrogens (primary N) is 1. The molecule has 1 aliphatic carbocycles. The number of carbonyl (C=O) groups is 1. The van der Waals surface area contributed by atoms with Gasteiger partial charge in [0, 0.05) is 6.04 Å². The van der Waals surface area contributed by atoms with Crippen molar-refractivity contribution in [1.29, 1.82) is 0 Å². The van der Waals surface area contributed by atoms with Gasteiger partial charge >= 0.3 is 5.97 Å². The van der Waals surface area contributed by atoms with Crippen molar-refractivity contribution in [1.82, 2.24) is 0 Å². The molecule has 0 spiro atoms. The lowest BCUT2D eigenvalue weighted by atomic mass is 10.1. The Labute approximate surface area is 114 Å². The molecule has 0 aromatic heterocycles. The second-order valence-corrected chi connectivity index (χ2v) is 5.21. The van der Waals surface area contributed by atoms with E-state index >= 15 is 0 Å². The number of ether oxygens (including phenoxy) is 1. The number of nitrogen functional groups attached to an aromatic ring is 1. The maximum atomic E-state index is 11.8. The van der Waals surface area contributed by atoms with Gasteiger partial charge in [-0.05, 0) is 38.3 Å². The number of anilines is 2. The first-order valence-electron chi connectivity index (χ1n) is 6.94. The third-order valence-corrected chi connectivity index (χ3v) is 3.39. The van der Waals surface area contributed by atoms with Crippen molar-refractivity contribution in [3.63, 3.8) is 0 Å². The van der Waals surface area contributed by atoms with Crippen LogP contribution in [-0.2, 0) is 4.74 Å². The maximum Gasteiger partial charge on any atom is 0.340 e. The zero-order chi connectivity index (χ0) is 13.8. The molecule has 1 atom stereocenters. The van der Waals surface area contributed by atoms with E-state index in [-0.39, 0.29) is 5.97 Å². The van der Waals surface area contributed by atoms with E-state index in [1.54, 1.807) is 13.0 Å². The molecule has 0 aliphatic heterocycles. The molecule has 1 fully saturated rings. The summed E-state index contributed by atoms with van der Waals surface area (Å²) in [5, 5.41) is 3.39. The fourth-order valence-corrected chi connectivity index (χ4v) is 2.26. The van der Waals surface area contributed by atoms with E-state index in [9.17, 15) is 4.79 Å². The van der Waals surface area contributed by atoms with Crippen LogP contribution in [0, 0.1) is 5.92 Å². The van der Waals surface area contributed by atoms with Crippen molar-refractivity contribution in [3.05, 3.63) is 23.8 Å². The number of esters is 1. The molecule has 1 aliphatic rings. The highest BCUT2D eigenvalue weighted by atomic mass is 16.5. The summed E-state index contributed by atoms with van der Waals surface area (Å²) >= 11 is 0. The molecule has 0 radical (unpaired) electrons. The molecular formula is C15H22N2O2. The fraction of sp³-hybridized carbons (Fsp3) is 0.533. The minimum atomic E-state index is -0.363. The van der Waals surface area contributed by atoms with Crippen molar-refractivity contribution < 1.29 is 9.53 Å². The molecule has 1 saturated carbocycles. The van der Waals surface area contributed by atoms with Crippen molar-refractivity contribution >= 4 is 17.3 Å². The standard InChI is InChI=1S/C15H22N2O2/c1-3-19-15(18)12-5-4-6-13(14(12)16)17-10(2)9-11-7-8-11/h4-6,10-11,17H,3,7-9,16H2,1-2H3. The minimum Gasteiger partial charge on any atom is -0.462 e. The van der Waals surface area contributed by atoms with Gasteiger partial charge in [0.05, 0.1) is 23.5 Å². The van der Waals surface area contributed by atoms with E-state index < -0.39 is 0 Å². The van der Waals surface area contributed by atoms with Crippen LogP contribution >= 0.6 is 0 Å². The molecule has 1 unspecified atom stereocenters. The van der Waals surface area contributed by atoms with Crippen LogP contribution in [0.4, 0.5) is 11.4 Å².